The molecule has 1 unspecified atom stereocenters. The molecule has 0 fully saturated rings. The SMILES string of the molecule is NCCC(N)CC[SiH2]. The second kappa shape index (κ2) is 5.28. The molecule has 2 nitrogen and oxygen atoms in total. The van der Waals surface area contributed by atoms with E-state index in [1.807, 2.05) is 10.2 Å². The highest BCUT2D eigenvalue weighted by Crippen LogP contribution is 1.94. The lowest BCUT2D eigenvalue weighted by Gasteiger charge is -2.05. The molecule has 0 amide bonds. The predicted octanol–water partition coefficient (Wildman–Crippen LogP) is -0.896. The van der Waals surface area contributed by atoms with E-state index in [-0.39, 0.29) is 0 Å². The zero-order valence-electron chi connectivity index (χ0n) is 5.27. The topological polar surface area (TPSA) is 52.0 Å². The third kappa shape index (κ3) is 4.30. The Morgan fingerprint density at radius 2 is 2.00 bits per heavy atom. The van der Waals surface area contributed by atoms with Crippen LogP contribution < -0.4 is 11.5 Å². The summed E-state index contributed by atoms with van der Waals surface area (Å²) in [6, 6.07) is 1.54. The van der Waals surface area contributed by atoms with Crippen molar-refractivity contribution in [2.45, 2.75) is 24.9 Å². The Hall–Kier alpha value is 0.137. The molecule has 0 aromatic carbocycles. The molecule has 0 aromatic rings. The van der Waals surface area contributed by atoms with Crippen LogP contribution in [-0.2, 0) is 0 Å². The Morgan fingerprint density at radius 3 is 2.38 bits per heavy atom. The van der Waals surface area contributed by atoms with Crippen LogP contribution in [0.2, 0.25) is 6.04 Å². The Balaban J connectivity index is 2.92. The van der Waals surface area contributed by atoms with Gasteiger partial charge in [-0.2, -0.15) is 0 Å². The molecule has 0 rings (SSSR count). The van der Waals surface area contributed by atoms with E-state index < -0.39 is 0 Å². The van der Waals surface area contributed by atoms with Crippen LogP contribution in [0.25, 0.3) is 0 Å². The molecule has 3 heteroatoms. The minimum Gasteiger partial charge on any atom is -0.330 e. The van der Waals surface area contributed by atoms with E-state index >= 15 is 0 Å². The van der Waals surface area contributed by atoms with Crippen molar-refractivity contribution in [3.8, 4) is 0 Å². The first kappa shape index (κ1) is 8.14. The van der Waals surface area contributed by atoms with Gasteiger partial charge in [-0.3, -0.25) is 0 Å². The largest absolute Gasteiger partial charge is 0.330 e. The fourth-order valence-corrected chi connectivity index (χ4v) is 1.14. The van der Waals surface area contributed by atoms with Gasteiger partial charge in [0.05, 0.1) is 0 Å². The summed E-state index contributed by atoms with van der Waals surface area (Å²) in [5.41, 5.74) is 10.9. The Morgan fingerprint density at radius 1 is 1.38 bits per heavy atom. The monoisotopic (exact) mass is 131 g/mol. The van der Waals surface area contributed by atoms with Crippen molar-refractivity contribution < 1.29 is 0 Å². The van der Waals surface area contributed by atoms with Crippen molar-refractivity contribution >= 4 is 10.2 Å². The van der Waals surface area contributed by atoms with Gasteiger partial charge in [0.1, 0.15) is 0 Å². The van der Waals surface area contributed by atoms with Crippen LogP contribution in [0.1, 0.15) is 12.8 Å². The van der Waals surface area contributed by atoms with Gasteiger partial charge in [0, 0.05) is 16.3 Å². The van der Waals surface area contributed by atoms with Gasteiger partial charge in [0.15, 0.2) is 0 Å². The molecule has 0 aromatic heterocycles. The summed E-state index contributed by atoms with van der Waals surface area (Å²) >= 11 is 0. The summed E-state index contributed by atoms with van der Waals surface area (Å²) in [6.45, 7) is 0.726. The molecule has 49 valence electrons. The summed E-state index contributed by atoms with van der Waals surface area (Å²) in [7, 11) is 1.96. The lowest BCUT2D eigenvalue weighted by atomic mass is 10.2. The van der Waals surface area contributed by atoms with Gasteiger partial charge in [0.2, 0.25) is 0 Å². The molecular weight excluding hydrogens is 116 g/mol. The van der Waals surface area contributed by atoms with Gasteiger partial charge in [-0.15, -0.1) is 0 Å². The maximum atomic E-state index is 5.62. The summed E-state index contributed by atoms with van der Waals surface area (Å²) < 4.78 is 0. The highest BCUT2D eigenvalue weighted by Gasteiger charge is 1.96. The normalized spacial score (nSPS) is 13.9. The molecule has 0 bridgehead atoms. The molecular formula is C5H15N2Si. The number of hydrogen-bond donors (Lipinski definition) is 2. The van der Waals surface area contributed by atoms with E-state index in [1.165, 1.54) is 6.04 Å². The van der Waals surface area contributed by atoms with Gasteiger partial charge >= 0.3 is 0 Å². The van der Waals surface area contributed by atoms with Crippen LogP contribution in [0.5, 0.6) is 0 Å². The number of nitrogens with two attached hydrogens (primary N) is 2. The van der Waals surface area contributed by atoms with E-state index in [0.717, 1.165) is 19.4 Å². The average Bonchev–Trinajstić information content (AvgIpc) is 1.68. The first-order chi connectivity index (χ1) is 3.81. The van der Waals surface area contributed by atoms with Gasteiger partial charge in [-0.05, 0) is 19.4 Å². The Labute approximate surface area is 54.0 Å². The molecule has 4 N–H and O–H groups in total. The van der Waals surface area contributed by atoms with Crippen LogP contribution in [0.4, 0.5) is 0 Å². The molecule has 0 spiro atoms. The highest BCUT2D eigenvalue weighted by molar-refractivity contribution is 6.08. The van der Waals surface area contributed by atoms with E-state index in [9.17, 15) is 0 Å². The van der Waals surface area contributed by atoms with E-state index in [1.54, 1.807) is 0 Å². The number of hydrogen-bond acceptors (Lipinski definition) is 2. The van der Waals surface area contributed by atoms with Crippen molar-refractivity contribution in [2.75, 3.05) is 6.54 Å². The quantitative estimate of drug-likeness (QED) is 0.486. The van der Waals surface area contributed by atoms with Gasteiger partial charge in [-0.1, -0.05) is 6.04 Å². The third-order valence-electron chi connectivity index (χ3n) is 1.11. The second-order valence-electron chi connectivity index (χ2n) is 1.98. The van der Waals surface area contributed by atoms with Gasteiger partial charge in [-0.25, -0.2) is 0 Å². The highest BCUT2D eigenvalue weighted by atomic mass is 28.1. The first-order valence-electron chi connectivity index (χ1n) is 3.06. The molecule has 0 aliphatic rings. The summed E-state index contributed by atoms with van der Waals surface area (Å²) in [4.78, 5) is 0. The lowest BCUT2D eigenvalue weighted by Crippen LogP contribution is -2.23. The van der Waals surface area contributed by atoms with Crippen LogP contribution in [0.3, 0.4) is 0 Å². The average molecular weight is 131 g/mol. The number of rotatable bonds is 4. The second-order valence-corrected chi connectivity index (χ2v) is 2.69. The molecule has 0 saturated carbocycles. The molecule has 0 aliphatic heterocycles. The third-order valence-corrected chi connectivity index (χ3v) is 1.52. The van der Waals surface area contributed by atoms with E-state index in [4.69, 9.17) is 11.5 Å². The Kier molecular flexibility index (Phi) is 5.37. The van der Waals surface area contributed by atoms with E-state index in [0.29, 0.717) is 6.04 Å². The minimum atomic E-state index is 0.345. The van der Waals surface area contributed by atoms with Crippen molar-refractivity contribution in [3.63, 3.8) is 0 Å². The summed E-state index contributed by atoms with van der Waals surface area (Å²) in [6.07, 6.45) is 2.09. The predicted molar refractivity (Wildman–Crippen MR) is 39.6 cm³/mol. The van der Waals surface area contributed by atoms with E-state index in [2.05, 4.69) is 0 Å². The maximum Gasteiger partial charge on any atom is 0.00804 e. The van der Waals surface area contributed by atoms with Crippen molar-refractivity contribution in [2.24, 2.45) is 11.5 Å². The van der Waals surface area contributed by atoms with Crippen LogP contribution in [0, 0.1) is 0 Å². The lowest BCUT2D eigenvalue weighted by molar-refractivity contribution is 0.604. The molecule has 1 atom stereocenters. The smallest absolute Gasteiger partial charge is 0.00804 e. The van der Waals surface area contributed by atoms with Crippen molar-refractivity contribution in [1.29, 1.82) is 0 Å². The minimum absolute atomic E-state index is 0.345. The van der Waals surface area contributed by atoms with Gasteiger partial charge < -0.3 is 11.5 Å². The zero-order chi connectivity index (χ0) is 6.41. The van der Waals surface area contributed by atoms with Crippen molar-refractivity contribution in [1.82, 2.24) is 0 Å². The molecule has 0 aliphatic carbocycles. The van der Waals surface area contributed by atoms with Crippen LogP contribution in [0.15, 0.2) is 0 Å². The molecule has 1 radical (unpaired) electrons. The summed E-state index contributed by atoms with van der Waals surface area (Å²) in [5, 5.41) is 0. The Bertz CT molecular complexity index is 43.7. The fourth-order valence-electron chi connectivity index (χ4n) is 0.621. The molecule has 0 saturated heterocycles. The molecule has 0 heterocycles. The van der Waals surface area contributed by atoms with Crippen LogP contribution >= 0.6 is 0 Å². The molecule has 8 heavy (non-hydrogen) atoms. The van der Waals surface area contributed by atoms with Crippen molar-refractivity contribution in [3.05, 3.63) is 0 Å². The van der Waals surface area contributed by atoms with Crippen LogP contribution in [-0.4, -0.2) is 22.8 Å². The first-order valence-corrected chi connectivity index (χ1v) is 4.06. The maximum absolute atomic E-state index is 5.62. The van der Waals surface area contributed by atoms with Gasteiger partial charge in [0.25, 0.3) is 0 Å². The summed E-state index contributed by atoms with van der Waals surface area (Å²) in [5.74, 6) is 0. The fraction of sp³-hybridized carbons (Fsp3) is 1.00. The zero-order valence-corrected chi connectivity index (χ0v) is 6.68. The standard InChI is InChI=1S/C5H15N2Si/c6-3-1-5(7)2-4-8/h5H,1-4,6-8H2.